The summed E-state index contributed by atoms with van der Waals surface area (Å²) in [5.74, 6) is 0.0969. The second-order valence-corrected chi connectivity index (χ2v) is 5.02. The molecule has 0 atom stereocenters. The van der Waals surface area contributed by atoms with E-state index in [-0.39, 0.29) is 5.91 Å². The van der Waals surface area contributed by atoms with Gasteiger partial charge in [-0.2, -0.15) is 0 Å². The van der Waals surface area contributed by atoms with Crippen LogP contribution in [0.4, 0.5) is 0 Å². The molecule has 3 nitrogen and oxygen atoms in total. The highest BCUT2D eigenvalue weighted by molar-refractivity contribution is 5.93. The van der Waals surface area contributed by atoms with E-state index in [1.165, 1.54) is 10.8 Å². The fourth-order valence-electron chi connectivity index (χ4n) is 2.47. The molecular weight excluding hydrogens is 248 g/mol. The van der Waals surface area contributed by atoms with Crippen LogP contribution in [0.25, 0.3) is 16.8 Å². The van der Waals surface area contributed by atoms with Crippen molar-refractivity contribution in [2.45, 2.75) is 0 Å². The van der Waals surface area contributed by atoms with Gasteiger partial charge < -0.3 is 10.2 Å². The molecule has 1 aliphatic heterocycles. The van der Waals surface area contributed by atoms with Crippen molar-refractivity contribution in [2.75, 3.05) is 26.2 Å². The van der Waals surface area contributed by atoms with Gasteiger partial charge in [-0.05, 0) is 28.5 Å². The molecule has 2 aromatic carbocycles. The van der Waals surface area contributed by atoms with Gasteiger partial charge in [0.05, 0.1) is 0 Å². The van der Waals surface area contributed by atoms with Crippen LogP contribution in [-0.4, -0.2) is 37.0 Å². The van der Waals surface area contributed by atoms with Crippen LogP contribution in [0, 0.1) is 0 Å². The Morgan fingerprint density at radius 3 is 2.60 bits per heavy atom. The van der Waals surface area contributed by atoms with Gasteiger partial charge in [0.1, 0.15) is 0 Å². The minimum Gasteiger partial charge on any atom is -0.337 e. The van der Waals surface area contributed by atoms with E-state index in [0.29, 0.717) is 0 Å². The van der Waals surface area contributed by atoms with Crippen molar-refractivity contribution in [1.29, 1.82) is 0 Å². The Hall–Kier alpha value is -2.13. The van der Waals surface area contributed by atoms with Crippen molar-refractivity contribution in [3.05, 3.63) is 54.1 Å². The van der Waals surface area contributed by atoms with Crippen LogP contribution in [-0.2, 0) is 4.79 Å². The Balaban J connectivity index is 1.74. The van der Waals surface area contributed by atoms with Crippen LogP contribution in [0.5, 0.6) is 0 Å². The molecule has 1 aliphatic rings. The summed E-state index contributed by atoms with van der Waals surface area (Å²) in [6.45, 7) is 3.35. The zero-order valence-electron chi connectivity index (χ0n) is 11.4. The van der Waals surface area contributed by atoms with Gasteiger partial charge in [0.2, 0.25) is 5.91 Å². The number of nitrogens with zero attached hydrogens (tertiary/aromatic N) is 1. The molecule has 0 spiro atoms. The molecule has 1 fully saturated rings. The standard InChI is InChI=1S/C17H18N2O/c20-17(19-11-9-18-10-12-19)8-6-14-5-7-15-3-1-2-4-16(15)13-14/h1-8,13,18H,9-12H2/b8-6+. The molecule has 0 radical (unpaired) electrons. The highest BCUT2D eigenvalue weighted by Crippen LogP contribution is 2.16. The fraction of sp³-hybridized carbons (Fsp3) is 0.235. The quantitative estimate of drug-likeness (QED) is 0.846. The van der Waals surface area contributed by atoms with Crippen molar-refractivity contribution >= 4 is 22.8 Å². The summed E-state index contributed by atoms with van der Waals surface area (Å²) in [6.07, 6.45) is 3.58. The van der Waals surface area contributed by atoms with E-state index in [2.05, 4.69) is 29.6 Å². The number of nitrogens with one attached hydrogen (secondary N) is 1. The first-order chi connectivity index (χ1) is 9.83. The summed E-state index contributed by atoms with van der Waals surface area (Å²) in [5, 5.41) is 5.66. The molecule has 1 saturated heterocycles. The molecule has 2 aromatic rings. The maximum atomic E-state index is 12.0. The van der Waals surface area contributed by atoms with Crippen LogP contribution >= 0.6 is 0 Å². The number of hydrogen-bond acceptors (Lipinski definition) is 2. The first-order valence-electron chi connectivity index (χ1n) is 6.99. The van der Waals surface area contributed by atoms with Gasteiger partial charge in [0.15, 0.2) is 0 Å². The molecule has 1 N–H and O–H groups in total. The SMILES string of the molecule is O=C(/C=C/c1ccc2ccccc2c1)N1CCNCC1. The Morgan fingerprint density at radius 1 is 1.05 bits per heavy atom. The lowest BCUT2D eigenvalue weighted by molar-refractivity contribution is -0.126. The van der Waals surface area contributed by atoms with E-state index in [9.17, 15) is 4.79 Å². The maximum Gasteiger partial charge on any atom is 0.246 e. The second kappa shape index (κ2) is 5.88. The Kier molecular flexibility index (Phi) is 3.79. The number of benzene rings is 2. The minimum absolute atomic E-state index is 0.0969. The number of carbonyl (C=O) groups excluding carboxylic acids is 1. The van der Waals surface area contributed by atoms with Crippen molar-refractivity contribution in [1.82, 2.24) is 10.2 Å². The Labute approximate surface area is 118 Å². The average Bonchev–Trinajstić information content (AvgIpc) is 2.53. The van der Waals surface area contributed by atoms with Gasteiger partial charge in [0.25, 0.3) is 0 Å². The Morgan fingerprint density at radius 2 is 1.80 bits per heavy atom. The normalized spacial score (nSPS) is 15.9. The summed E-state index contributed by atoms with van der Waals surface area (Å²) in [7, 11) is 0. The van der Waals surface area contributed by atoms with Gasteiger partial charge in [-0.15, -0.1) is 0 Å². The van der Waals surface area contributed by atoms with Crippen LogP contribution in [0.15, 0.2) is 48.5 Å². The molecule has 1 amide bonds. The lowest BCUT2D eigenvalue weighted by Crippen LogP contribution is -2.45. The molecule has 0 unspecified atom stereocenters. The van der Waals surface area contributed by atoms with Crippen LogP contribution in [0.1, 0.15) is 5.56 Å². The van der Waals surface area contributed by atoms with E-state index in [1.54, 1.807) is 6.08 Å². The molecule has 1 heterocycles. The maximum absolute atomic E-state index is 12.0. The van der Waals surface area contributed by atoms with Crippen molar-refractivity contribution < 1.29 is 4.79 Å². The molecule has 0 aliphatic carbocycles. The number of amides is 1. The number of rotatable bonds is 2. The number of carbonyl (C=O) groups is 1. The zero-order chi connectivity index (χ0) is 13.8. The highest BCUT2D eigenvalue weighted by atomic mass is 16.2. The van der Waals surface area contributed by atoms with Gasteiger partial charge in [-0.3, -0.25) is 4.79 Å². The highest BCUT2D eigenvalue weighted by Gasteiger charge is 2.12. The number of hydrogen-bond donors (Lipinski definition) is 1. The van der Waals surface area contributed by atoms with Gasteiger partial charge in [-0.25, -0.2) is 0 Å². The third kappa shape index (κ3) is 2.89. The van der Waals surface area contributed by atoms with Crippen LogP contribution in [0.2, 0.25) is 0 Å². The molecule has 0 bridgehead atoms. The molecule has 20 heavy (non-hydrogen) atoms. The smallest absolute Gasteiger partial charge is 0.246 e. The number of fused-ring (bicyclic) bond motifs is 1. The second-order valence-electron chi connectivity index (χ2n) is 5.02. The first-order valence-corrected chi connectivity index (χ1v) is 6.99. The van der Waals surface area contributed by atoms with Crippen molar-refractivity contribution in [3.8, 4) is 0 Å². The summed E-state index contributed by atoms with van der Waals surface area (Å²) in [6, 6.07) is 14.5. The lowest BCUT2D eigenvalue weighted by atomic mass is 10.1. The monoisotopic (exact) mass is 266 g/mol. The fourth-order valence-corrected chi connectivity index (χ4v) is 2.47. The van der Waals surface area contributed by atoms with Crippen molar-refractivity contribution in [3.63, 3.8) is 0 Å². The van der Waals surface area contributed by atoms with Gasteiger partial charge in [0, 0.05) is 32.3 Å². The van der Waals surface area contributed by atoms with Gasteiger partial charge >= 0.3 is 0 Å². The molecule has 0 aromatic heterocycles. The molecule has 0 saturated carbocycles. The largest absolute Gasteiger partial charge is 0.337 e. The summed E-state index contributed by atoms with van der Waals surface area (Å²) >= 11 is 0. The van der Waals surface area contributed by atoms with Crippen molar-refractivity contribution in [2.24, 2.45) is 0 Å². The summed E-state index contributed by atoms with van der Waals surface area (Å²) < 4.78 is 0. The van der Waals surface area contributed by atoms with Gasteiger partial charge in [-0.1, -0.05) is 36.4 Å². The van der Waals surface area contributed by atoms with Crippen LogP contribution < -0.4 is 5.32 Å². The zero-order valence-corrected chi connectivity index (χ0v) is 11.4. The molecule has 3 rings (SSSR count). The summed E-state index contributed by atoms with van der Waals surface area (Å²) in [4.78, 5) is 13.9. The number of piperazine rings is 1. The molecule has 3 heteroatoms. The van der Waals surface area contributed by atoms with E-state index in [0.717, 1.165) is 31.7 Å². The predicted molar refractivity (Wildman–Crippen MR) is 82.4 cm³/mol. The minimum atomic E-state index is 0.0969. The van der Waals surface area contributed by atoms with E-state index in [1.807, 2.05) is 29.2 Å². The lowest BCUT2D eigenvalue weighted by Gasteiger charge is -2.26. The molecular formula is C17H18N2O. The molecule has 102 valence electrons. The third-order valence-electron chi connectivity index (χ3n) is 3.62. The Bertz CT molecular complexity index is 642. The summed E-state index contributed by atoms with van der Waals surface area (Å²) in [5.41, 5.74) is 1.06. The van der Waals surface area contributed by atoms with E-state index >= 15 is 0 Å². The third-order valence-corrected chi connectivity index (χ3v) is 3.62. The first kappa shape index (κ1) is 12.9. The van der Waals surface area contributed by atoms with Crippen LogP contribution in [0.3, 0.4) is 0 Å². The van der Waals surface area contributed by atoms with E-state index < -0.39 is 0 Å². The van der Waals surface area contributed by atoms with E-state index in [4.69, 9.17) is 0 Å². The topological polar surface area (TPSA) is 32.3 Å². The predicted octanol–water partition coefficient (Wildman–Crippen LogP) is 2.28. The average molecular weight is 266 g/mol.